The van der Waals surface area contributed by atoms with Crippen LogP contribution in [0, 0.1) is 38.7 Å². The average Bonchev–Trinajstić information content (AvgIpc) is 3.56. The molecule has 3 heterocycles. The van der Waals surface area contributed by atoms with Crippen LogP contribution >= 0.6 is 0 Å². The van der Waals surface area contributed by atoms with Crippen LogP contribution in [0.3, 0.4) is 0 Å². The Morgan fingerprint density at radius 3 is 2.19 bits per heavy atom. The van der Waals surface area contributed by atoms with Gasteiger partial charge in [-0.25, -0.2) is 14.1 Å². The Balaban J connectivity index is 0.00000481. The van der Waals surface area contributed by atoms with Crippen LogP contribution in [0.5, 0.6) is 23.1 Å². The first kappa shape index (κ1) is 37.8. The summed E-state index contributed by atoms with van der Waals surface area (Å²) in [6.07, 6.45) is 1.74. The van der Waals surface area contributed by atoms with Crippen LogP contribution in [0.4, 0.5) is 4.39 Å². The number of pyridine rings is 1. The van der Waals surface area contributed by atoms with Crippen LogP contribution in [-0.2, 0) is 26.5 Å². The Kier molecular flexibility index (Phi) is 10.1. The Morgan fingerprint density at radius 2 is 1.51 bits per heavy atom. The molecule has 0 amide bonds. The predicted molar refractivity (Wildman–Crippen MR) is 205 cm³/mol. The van der Waals surface area contributed by atoms with E-state index in [1.54, 1.807) is 18.0 Å². The zero-order chi connectivity index (χ0) is 37.1. The Morgan fingerprint density at radius 1 is 0.792 bits per heavy atom. The van der Waals surface area contributed by atoms with Crippen molar-refractivity contribution in [3.05, 3.63) is 119 Å². The number of hydrogen-bond donors (Lipinski definition) is 0. The van der Waals surface area contributed by atoms with Gasteiger partial charge in [-0.3, -0.25) is 0 Å². The standard InChI is InChI=1S/C44H43FN4O3.Pt/c1-26-19-29(20-27(2)41(26)43(4,5)6)40-28(3)47-49(42(40)50-10)31-21-30(45)22-34(23-31)51-32-15-16-36-35-13-11-12-14-37(35)48(38(36)24-32)39-25-33(17-18-46-39)52-44(7,8)9;/h11-22,25H,1-10H3;/q-2;+2. The van der Waals surface area contributed by atoms with E-state index in [1.165, 1.54) is 28.8 Å². The van der Waals surface area contributed by atoms with Gasteiger partial charge in [0.25, 0.3) is 0 Å². The smallest absolute Gasteiger partial charge is 0.509 e. The third-order valence-electron chi connectivity index (χ3n) is 8.95. The van der Waals surface area contributed by atoms with Gasteiger partial charge in [-0.2, -0.15) is 11.2 Å². The molecule has 7 rings (SSSR count). The number of halogens is 1. The van der Waals surface area contributed by atoms with Crippen molar-refractivity contribution in [2.75, 3.05) is 7.11 Å². The number of hydrogen-bond acceptors (Lipinski definition) is 5. The molecular formula is C44H43FN4O3Pt. The van der Waals surface area contributed by atoms with E-state index in [9.17, 15) is 0 Å². The van der Waals surface area contributed by atoms with Gasteiger partial charge in [-0.1, -0.05) is 62.7 Å². The van der Waals surface area contributed by atoms with Gasteiger partial charge in [0.2, 0.25) is 5.88 Å². The Bertz CT molecular complexity index is 2460. The van der Waals surface area contributed by atoms with Gasteiger partial charge >= 0.3 is 21.1 Å². The minimum Gasteiger partial charge on any atom is -0.509 e. The molecule has 0 aliphatic rings. The molecule has 0 fully saturated rings. The second-order valence-electron chi connectivity index (χ2n) is 15.3. The molecule has 3 aromatic heterocycles. The van der Waals surface area contributed by atoms with Gasteiger partial charge in [0.15, 0.2) is 0 Å². The number of para-hydroxylation sites is 1. The molecule has 274 valence electrons. The number of methoxy groups -OCH3 is 1. The van der Waals surface area contributed by atoms with E-state index in [0.717, 1.165) is 38.6 Å². The van der Waals surface area contributed by atoms with Gasteiger partial charge in [0.1, 0.15) is 17.2 Å². The fraction of sp³-hybridized carbons (Fsp3) is 0.273. The van der Waals surface area contributed by atoms with E-state index >= 15 is 4.39 Å². The molecule has 0 aliphatic carbocycles. The number of ether oxygens (including phenoxy) is 3. The van der Waals surface area contributed by atoms with Gasteiger partial charge < -0.3 is 18.8 Å². The molecule has 9 heteroatoms. The zero-order valence-electron chi connectivity index (χ0n) is 31.7. The summed E-state index contributed by atoms with van der Waals surface area (Å²) < 4.78 is 37.4. The summed E-state index contributed by atoms with van der Waals surface area (Å²) in [5.74, 6) is 1.92. The molecule has 0 bridgehead atoms. The van der Waals surface area contributed by atoms with E-state index in [4.69, 9.17) is 24.3 Å². The molecule has 7 aromatic rings. The topological polar surface area (TPSA) is 63.3 Å². The van der Waals surface area contributed by atoms with Crippen molar-refractivity contribution in [1.82, 2.24) is 19.3 Å². The van der Waals surface area contributed by atoms with E-state index in [0.29, 0.717) is 28.9 Å². The minimum atomic E-state index is -0.503. The summed E-state index contributed by atoms with van der Waals surface area (Å²) in [6.45, 7) is 18.9. The Labute approximate surface area is 325 Å². The van der Waals surface area contributed by atoms with Crippen molar-refractivity contribution in [2.24, 2.45) is 0 Å². The van der Waals surface area contributed by atoms with E-state index in [-0.39, 0.29) is 37.8 Å². The summed E-state index contributed by atoms with van der Waals surface area (Å²) >= 11 is 0. The fourth-order valence-corrected chi connectivity index (χ4v) is 7.38. The largest absolute Gasteiger partial charge is 2.00 e. The van der Waals surface area contributed by atoms with Gasteiger partial charge in [-0.15, -0.1) is 29.7 Å². The van der Waals surface area contributed by atoms with E-state index in [2.05, 4.69) is 65.0 Å². The van der Waals surface area contributed by atoms with Crippen molar-refractivity contribution in [2.45, 2.75) is 73.3 Å². The first-order chi connectivity index (χ1) is 24.6. The number of aryl methyl sites for hydroxylation is 3. The third-order valence-corrected chi connectivity index (χ3v) is 8.95. The monoisotopic (exact) mass is 889 g/mol. The molecule has 0 atom stereocenters. The molecule has 0 N–H and O–H groups in total. The van der Waals surface area contributed by atoms with Crippen LogP contribution in [0.15, 0.2) is 79.0 Å². The zero-order valence-corrected chi connectivity index (χ0v) is 34.0. The number of fused-ring (bicyclic) bond motifs is 3. The molecule has 0 saturated heterocycles. The number of aromatic nitrogens is 4. The summed E-state index contributed by atoms with van der Waals surface area (Å²) in [5, 5.41) is 6.81. The molecule has 53 heavy (non-hydrogen) atoms. The second-order valence-corrected chi connectivity index (χ2v) is 15.3. The summed E-state index contributed by atoms with van der Waals surface area (Å²) in [7, 11) is 1.60. The molecular weight excluding hydrogens is 847 g/mol. The van der Waals surface area contributed by atoms with Crippen LogP contribution < -0.4 is 14.2 Å². The normalized spacial score (nSPS) is 11.9. The first-order valence-corrected chi connectivity index (χ1v) is 17.4. The van der Waals surface area contributed by atoms with Gasteiger partial charge in [0, 0.05) is 35.1 Å². The van der Waals surface area contributed by atoms with Crippen molar-refractivity contribution in [3.8, 4) is 45.8 Å². The second kappa shape index (κ2) is 14.1. The molecule has 0 unspecified atom stereocenters. The van der Waals surface area contributed by atoms with E-state index in [1.807, 2.05) is 74.7 Å². The average molecular weight is 890 g/mol. The van der Waals surface area contributed by atoms with Gasteiger partial charge in [-0.05, 0) is 92.4 Å². The summed E-state index contributed by atoms with van der Waals surface area (Å²) in [6, 6.07) is 29.4. The maximum absolute atomic E-state index is 15.4. The summed E-state index contributed by atoms with van der Waals surface area (Å²) in [5.41, 5.74) is 7.97. The van der Waals surface area contributed by atoms with Crippen LogP contribution in [0.2, 0.25) is 0 Å². The molecule has 0 saturated carbocycles. The maximum Gasteiger partial charge on any atom is 2.00 e. The molecule has 7 nitrogen and oxygen atoms in total. The van der Waals surface area contributed by atoms with Crippen molar-refractivity contribution in [3.63, 3.8) is 0 Å². The SMILES string of the molecule is COc1c(-c2cc(C)c(C(C)(C)C)c(C)c2)c(C)nn1-c1[c-]c(Oc2[c-]c3c(cc2)c2ccccc2n3-c2cc(OC(C)(C)C)ccn2)cc(F)c1.[Pt+2]. The third kappa shape index (κ3) is 7.34. The number of rotatable bonds is 7. The van der Waals surface area contributed by atoms with Crippen LogP contribution in [0.25, 0.3) is 44.4 Å². The number of nitrogens with zero attached hydrogens (tertiary/aromatic N) is 4. The quantitative estimate of drug-likeness (QED) is 0.149. The van der Waals surface area contributed by atoms with Gasteiger partial charge in [0.05, 0.1) is 18.4 Å². The van der Waals surface area contributed by atoms with Crippen molar-refractivity contribution < 1.29 is 39.7 Å². The minimum absolute atomic E-state index is 0. The number of benzene rings is 4. The molecule has 0 spiro atoms. The molecule has 4 aromatic carbocycles. The first-order valence-electron chi connectivity index (χ1n) is 17.4. The van der Waals surface area contributed by atoms with Crippen molar-refractivity contribution in [1.29, 1.82) is 0 Å². The van der Waals surface area contributed by atoms with Crippen LogP contribution in [-0.4, -0.2) is 32.0 Å². The van der Waals surface area contributed by atoms with Crippen molar-refractivity contribution >= 4 is 21.8 Å². The fourth-order valence-electron chi connectivity index (χ4n) is 7.38. The molecule has 0 radical (unpaired) electrons. The maximum atomic E-state index is 15.4. The van der Waals surface area contributed by atoms with Crippen LogP contribution in [0.1, 0.15) is 63.9 Å². The Hall–Kier alpha value is -4.94. The van der Waals surface area contributed by atoms with E-state index < -0.39 is 5.82 Å². The summed E-state index contributed by atoms with van der Waals surface area (Å²) in [4.78, 5) is 4.70. The predicted octanol–water partition coefficient (Wildman–Crippen LogP) is 11.0. The molecule has 0 aliphatic heterocycles.